The largest absolute Gasteiger partial charge is 0.504 e. The Morgan fingerprint density at radius 3 is 2.67 bits per heavy atom. The monoisotopic (exact) mass is 408 g/mol. The van der Waals surface area contributed by atoms with Crippen molar-refractivity contribution in [3.8, 4) is 11.5 Å². The van der Waals surface area contributed by atoms with Crippen LogP contribution in [0.2, 0.25) is 0 Å². The fraction of sp³-hybridized carbons (Fsp3) is 0.304. The number of fused-ring (bicyclic) bond motifs is 2. The van der Waals surface area contributed by atoms with Crippen LogP contribution < -0.4 is 10.2 Å². The maximum Gasteiger partial charge on any atom is 0.290 e. The van der Waals surface area contributed by atoms with Gasteiger partial charge in [-0.3, -0.25) is 9.59 Å². The summed E-state index contributed by atoms with van der Waals surface area (Å²) in [6.45, 7) is 1.26. The van der Waals surface area contributed by atoms with Gasteiger partial charge in [-0.05, 0) is 56.9 Å². The number of phenols is 1. The first-order chi connectivity index (χ1) is 14.4. The van der Waals surface area contributed by atoms with Gasteiger partial charge >= 0.3 is 0 Å². The van der Waals surface area contributed by atoms with Gasteiger partial charge in [-0.25, -0.2) is 0 Å². The number of nitrogens with zero attached hydrogens (tertiary/aromatic N) is 2. The van der Waals surface area contributed by atoms with Crippen LogP contribution in [0.5, 0.6) is 11.5 Å². The van der Waals surface area contributed by atoms with E-state index in [2.05, 4.69) is 0 Å². The molecule has 1 N–H and O–H groups in total. The van der Waals surface area contributed by atoms with E-state index in [0.717, 1.165) is 13.0 Å². The first-order valence-electron chi connectivity index (χ1n) is 9.80. The minimum Gasteiger partial charge on any atom is -0.504 e. The Labute approximate surface area is 174 Å². The number of carbonyl (C=O) groups is 1. The number of hydrogen-bond acceptors (Lipinski definition) is 6. The summed E-state index contributed by atoms with van der Waals surface area (Å²) < 4.78 is 11.2. The smallest absolute Gasteiger partial charge is 0.290 e. The number of benzene rings is 2. The average Bonchev–Trinajstić information content (AvgIpc) is 3.01. The summed E-state index contributed by atoms with van der Waals surface area (Å²) in [5.41, 5.74) is 1.19. The summed E-state index contributed by atoms with van der Waals surface area (Å²) in [5, 5.41) is 10.4. The van der Waals surface area contributed by atoms with Crippen LogP contribution in [0.3, 0.4) is 0 Å². The predicted octanol–water partition coefficient (Wildman–Crippen LogP) is 3.00. The zero-order valence-electron chi connectivity index (χ0n) is 17.2. The van der Waals surface area contributed by atoms with E-state index in [-0.39, 0.29) is 28.6 Å². The van der Waals surface area contributed by atoms with Crippen LogP contribution >= 0.6 is 0 Å². The summed E-state index contributed by atoms with van der Waals surface area (Å²) in [6, 6.07) is 11.2. The molecule has 1 aliphatic heterocycles. The Morgan fingerprint density at radius 2 is 1.93 bits per heavy atom. The lowest BCUT2D eigenvalue weighted by atomic mass is 9.98. The molecule has 0 saturated heterocycles. The lowest BCUT2D eigenvalue weighted by Crippen LogP contribution is -2.32. The molecule has 30 heavy (non-hydrogen) atoms. The number of amides is 1. The van der Waals surface area contributed by atoms with Gasteiger partial charge < -0.3 is 24.1 Å². The summed E-state index contributed by atoms with van der Waals surface area (Å²) in [7, 11) is 5.41. The lowest BCUT2D eigenvalue weighted by Gasteiger charge is -2.26. The number of carbonyl (C=O) groups excluding carboxylic acids is 1. The molecule has 1 aliphatic rings. The first kappa shape index (κ1) is 20.0. The van der Waals surface area contributed by atoms with Gasteiger partial charge in [0.2, 0.25) is 5.76 Å². The maximum atomic E-state index is 13.4. The molecule has 4 rings (SSSR count). The van der Waals surface area contributed by atoms with Gasteiger partial charge in [-0.2, -0.15) is 0 Å². The minimum atomic E-state index is -0.606. The van der Waals surface area contributed by atoms with E-state index in [9.17, 15) is 14.7 Å². The molecule has 0 bridgehead atoms. The summed E-state index contributed by atoms with van der Waals surface area (Å²) in [6.07, 6.45) is 0.742. The highest BCUT2D eigenvalue weighted by Gasteiger charge is 2.42. The van der Waals surface area contributed by atoms with E-state index in [0.29, 0.717) is 28.6 Å². The number of ether oxygens (including phenoxy) is 1. The third-order valence-corrected chi connectivity index (χ3v) is 5.40. The van der Waals surface area contributed by atoms with Crippen molar-refractivity contribution in [2.24, 2.45) is 0 Å². The van der Waals surface area contributed by atoms with Gasteiger partial charge in [0, 0.05) is 6.54 Å². The second kappa shape index (κ2) is 7.84. The van der Waals surface area contributed by atoms with Crippen molar-refractivity contribution < 1.29 is 19.1 Å². The third kappa shape index (κ3) is 3.31. The minimum absolute atomic E-state index is 0.00417. The van der Waals surface area contributed by atoms with E-state index in [1.54, 1.807) is 41.3 Å². The Balaban J connectivity index is 1.89. The molecule has 156 valence electrons. The van der Waals surface area contributed by atoms with Gasteiger partial charge in [0.25, 0.3) is 5.91 Å². The average molecular weight is 408 g/mol. The van der Waals surface area contributed by atoms with Gasteiger partial charge in [0.15, 0.2) is 16.9 Å². The highest BCUT2D eigenvalue weighted by atomic mass is 16.5. The van der Waals surface area contributed by atoms with Gasteiger partial charge in [0.1, 0.15) is 5.58 Å². The first-order valence-corrected chi connectivity index (χ1v) is 9.80. The quantitative estimate of drug-likeness (QED) is 0.675. The van der Waals surface area contributed by atoms with Crippen molar-refractivity contribution in [2.75, 3.05) is 34.3 Å². The van der Waals surface area contributed by atoms with Crippen LogP contribution in [0.4, 0.5) is 0 Å². The van der Waals surface area contributed by atoms with Crippen molar-refractivity contribution in [1.29, 1.82) is 0 Å². The number of aromatic hydroxyl groups is 1. The zero-order valence-corrected chi connectivity index (χ0v) is 17.2. The van der Waals surface area contributed by atoms with Gasteiger partial charge in [-0.15, -0.1) is 0 Å². The number of methoxy groups -OCH3 is 1. The third-order valence-electron chi connectivity index (χ3n) is 5.40. The van der Waals surface area contributed by atoms with Gasteiger partial charge in [0.05, 0.1) is 24.1 Å². The highest BCUT2D eigenvalue weighted by Crippen LogP contribution is 2.40. The summed E-state index contributed by atoms with van der Waals surface area (Å²) in [4.78, 5) is 30.4. The molecule has 1 aromatic heterocycles. The Bertz CT molecular complexity index is 1170. The summed E-state index contributed by atoms with van der Waals surface area (Å²) >= 11 is 0. The van der Waals surface area contributed by atoms with Crippen LogP contribution in [-0.4, -0.2) is 55.1 Å². The van der Waals surface area contributed by atoms with Crippen LogP contribution in [-0.2, 0) is 0 Å². The van der Waals surface area contributed by atoms with Crippen molar-refractivity contribution in [2.45, 2.75) is 12.5 Å². The summed E-state index contributed by atoms with van der Waals surface area (Å²) in [5.74, 6) is 0.0616. The molecule has 7 heteroatoms. The second-order valence-corrected chi connectivity index (χ2v) is 7.66. The van der Waals surface area contributed by atoms with Crippen LogP contribution in [0.25, 0.3) is 11.0 Å². The molecule has 0 radical (unpaired) electrons. The van der Waals surface area contributed by atoms with Crippen molar-refractivity contribution >= 4 is 16.9 Å². The van der Waals surface area contributed by atoms with E-state index in [4.69, 9.17) is 9.15 Å². The van der Waals surface area contributed by atoms with E-state index in [1.165, 1.54) is 13.2 Å². The number of para-hydroxylation sites is 1. The molecule has 0 saturated carbocycles. The molecular formula is C23H24N2O5. The fourth-order valence-electron chi connectivity index (χ4n) is 3.97. The predicted molar refractivity (Wildman–Crippen MR) is 113 cm³/mol. The Morgan fingerprint density at radius 1 is 1.17 bits per heavy atom. The molecule has 0 unspecified atom stereocenters. The maximum absolute atomic E-state index is 13.4. The standard InChI is InChI=1S/C23H24N2O5/c1-24(2)11-6-12-25-20(14-9-10-16(26)18(13-14)29-3)19-21(27)15-7-4-5-8-17(15)30-22(19)23(25)28/h4-5,7-10,13,20,26H,6,11-12H2,1-3H3/t20-/m0/s1. The molecule has 3 aromatic rings. The molecule has 2 heterocycles. The van der Waals surface area contributed by atoms with E-state index in [1.807, 2.05) is 19.0 Å². The normalized spacial score (nSPS) is 15.8. The van der Waals surface area contributed by atoms with Crippen LogP contribution in [0, 0.1) is 0 Å². The van der Waals surface area contributed by atoms with Gasteiger partial charge in [-0.1, -0.05) is 18.2 Å². The second-order valence-electron chi connectivity index (χ2n) is 7.66. The molecule has 0 fully saturated rings. The number of hydrogen-bond donors (Lipinski definition) is 1. The molecule has 0 aliphatic carbocycles. The topological polar surface area (TPSA) is 83.2 Å². The fourth-order valence-corrected chi connectivity index (χ4v) is 3.97. The molecule has 2 aromatic carbocycles. The van der Waals surface area contributed by atoms with E-state index < -0.39 is 6.04 Å². The lowest BCUT2D eigenvalue weighted by molar-refractivity contribution is 0.0722. The van der Waals surface area contributed by atoms with Crippen LogP contribution in [0.1, 0.15) is 34.1 Å². The molecule has 1 atom stereocenters. The SMILES string of the molecule is COc1cc([C@H]2c3c(oc4ccccc4c3=O)C(=O)N2CCCN(C)C)ccc1O. The van der Waals surface area contributed by atoms with Crippen molar-refractivity contribution in [1.82, 2.24) is 9.80 Å². The van der Waals surface area contributed by atoms with Crippen LogP contribution in [0.15, 0.2) is 51.7 Å². The number of rotatable bonds is 6. The van der Waals surface area contributed by atoms with Crippen molar-refractivity contribution in [3.63, 3.8) is 0 Å². The highest BCUT2D eigenvalue weighted by molar-refractivity contribution is 5.99. The number of phenolic OH excluding ortho intramolecular Hbond substituents is 1. The Kier molecular flexibility index (Phi) is 5.22. The van der Waals surface area contributed by atoms with E-state index >= 15 is 0 Å². The molecule has 7 nitrogen and oxygen atoms in total. The molecule has 1 amide bonds. The Hall–Kier alpha value is -3.32. The zero-order chi connectivity index (χ0) is 21.4. The van der Waals surface area contributed by atoms with Crippen molar-refractivity contribution in [3.05, 3.63) is 69.6 Å². The molecular weight excluding hydrogens is 384 g/mol. The molecule has 0 spiro atoms.